The Morgan fingerprint density at radius 3 is 2.61 bits per heavy atom. The number of H-pyrrole nitrogens is 1. The Morgan fingerprint density at radius 1 is 1.00 bits per heavy atom. The predicted molar refractivity (Wildman–Crippen MR) is 90.4 cm³/mol. The molecule has 23 heavy (non-hydrogen) atoms. The maximum Gasteiger partial charge on any atom is 0.100 e. The van der Waals surface area contributed by atoms with Gasteiger partial charge in [0, 0.05) is 30.1 Å². The summed E-state index contributed by atoms with van der Waals surface area (Å²) >= 11 is 0. The van der Waals surface area contributed by atoms with Crippen LogP contribution < -0.4 is 5.73 Å². The number of nitrogens with zero attached hydrogens (tertiary/aromatic N) is 3. The molecule has 2 aromatic carbocycles. The quantitative estimate of drug-likeness (QED) is 0.609. The minimum absolute atomic E-state index is 0.379. The smallest absolute Gasteiger partial charge is 0.100 e. The topological polar surface area (TPSA) is 72.5 Å². The third-order valence-electron chi connectivity index (χ3n) is 4.07. The fourth-order valence-corrected chi connectivity index (χ4v) is 2.90. The standard InChI is InChI=1S/C18H17N5/c19-11-17-18(23(22-21-17)14-6-2-1-3-7-14)10-13-12-20-16-9-5-4-8-15(13)16/h1-9,12,20H,10-11,19H2. The first-order valence-corrected chi connectivity index (χ1v) is 7.61. The molecule has 0 amide bonds. The molecule has 5 nitrogen and oxygen atoms in total. The second-order valence-corrected chi connectivity index (χ2v) is 5.47. The van der Waals surface area contributed by atoms with E-state index in [0.29, 0.717) is 6.54 Å². The largest absolute Gasteiger partial charge is 0.361 e. The van der Waals surface area contributed by atoms with Crippen molar-refractivity contribution in [3.05, 3.63) is 77.7 Å². The van der Waals surface area contributed by atoms with Crippen LogP contribution in [-0.4, -0.2) is 20.0 Å². The maximum absolute atomic E-state index is 5.86. The third kappa shape index (κ3) is 2.41. The van der Waals surface area contributed by atoms with Crippen molar-refractivity contribution in [2.24, 2.45) is 5.73 Å². The SMILES string of the molecule is NCc1nnn(-c2ccccc2)c1Cc1c[nH]c2ccccc12. The molecule has 0 fully saturated rings. The highest BCUT2D eigenvalue weighted by Gasteiger charge is 2.15. The molecule has 0 spiro atoms. The number of nitrogens with one attached hydrogen (secondary N) is 1. The average Bonchev–Trinajstić information content (AvgIpc) is 3.20. The first-order valence-electron chi connectivity index (χ1n) is 7.61. The van der Waals surface area contributed by atoms with Gasteiger partial charge in [0.05, 0.1) is 11.4 Å². The number of rotatable bonds is 4. The summed E-state index contributed by atoms with van der Waals surface area (Å²) in [5, 5.41) is 9.76. The molecular formula is C18H17N5. The van der Waals surface area contributed by atoms with Gasteiger partial charge in [-0.25, -0.2) is 4.68 Å². The van der Waals surface area contributed by atoms with Crippen molar-refractivity contribution >= 4 is 10.9 Å². The second kappa shape index (κ2) is 5.70. The molecule has 3 N–H and O–H groups in total. The number of benzene rings is 2. The van der Waals surface area contributed by atoms with Crippen LogP contribution in [0, 0.1) is 0 Å². The van der Waals surface area contributed by atoms with Crippen molar-refractivity contribution in [1.82, 2.24) is 20.0 Å². The molecule has 0 aliphatic carbocycles. The van der Waals surface area contributed by atoms with E-state index in [1.807, 2.05) is 47.3 Å². The van der Waals surface area contributed by atoms with E-state index in [1.165, 1.54) is 10.9 Å². The van der Waals surface area contributed by atoms with Gasteiger partial charge >= 0.3 is 0 Å². The number of fused-ring (bicyclic) bond motifs is 1. The Hall–Kier alpha value is -2.92. The summed E-state index contributed by atoms with van der Waals surface area (Å²) in [6, 6.07) is 18.3. The number of hydrogen-bond donors (Lipinski definition) is 2. The molecule has 0 atom stereocenters. The molecule has 0 aliphatic rings. The Balaban J connectivity index is 1.81. The number of aromatic nitrogens is 4. The molecule has 0 unspecified atom stereocenters. The van der Waals surface area contributed by atoms with Gasteiger partial charge in [-0.2, -0.15) is 0 Å². The Bertz CT molecular complexity index is 936. The monoisotopic (exact) mass is 303 g/mol. The van der Waals surface area contributed by atoms with Crippen LogP contribution in [0.25, 0.3) is 16.6 Å². The summed E-state index contributed by atoms with van der Waals surface area (Å²) in [6.45, 7) is 0.379. The van der Waals surface area contributed by atoms with Crippen molar-refractivity contribution in [1.29, 1.82) is 0 Å². The molecule has 0 aliphatic heterocycles. The Morgan fingerprint density at radius 2 is 1.78 bits per heavy atom. The molecule has 4 rings (SSSR count). The normalized spacial score (nSPS) is 11.2. The van der Waals surface area contributed by atoms with Crippen LogP contribution in [0.5, 0.6) is 0 Å². The molecule has 2 aromatic heterocycles. The van der Waals surface area contributed by atoms with E-state index >= 15 is 0 Å². The first kappa shape index (κ1) is 13.7. The maximum atomic E-state index is 5.86. The Labute approximate surface area is 133 Å². The van der Waals surface area contributed by atoms with Gasteiger partial charge in [-0.1, -0.05) is 41.6 Å². The molecule has 0 bridgehead atoms. The molecule has 0 radical (unpaired) electrons. The van der Waals surface area contributed by atoms with E-state index in [9.17, 15) is 0 Å². The van der Waals surface area contributed by atoms with Gasteiger partial charge in [-0.15, -0.1) is 5.10 Å². The summed E-state index contributed by atoms with van der Waals surface area (Å²) in [7, 11) is 0. The van der Waals surface area contributed by atoms with Gasteiger partial charge in [0.2, 0.25) is 0 Å². The van der Waals surface area contributed by atoms with E-state index < -0.39 is 0 Å². The highest BCUT2D eigenvalue weighted by molar-refractivity contribution is 5.83. The van der Waals surface area contributed by atoms with E-state index in [0.717, 1.165) is 29.0 Å². The lowest BCUT2D eigenvalue weighted by atomic mass is 10.1. The van der Waals surface area contributed by atoms with E-state index in [1.54, 1.807) is 0 Å². The fraction of sp³-hybridized carbons (Fsp3) is 0.111. The van der Waals surface area contributed by atoms with Crippen molar-refractivity contribution in [2.45, 2.75) is 13.0 Å². The van der Waals surface area contributed by atoms with Crippen LogP contribution in [0.3, 0.4) is 0 Å². The first-order chi connectivity index (χ1) is 11.4. The molecule has 114 valence electrons. The number of hydrogen-bond acceptors (Lipinski definition) is 3. The number of aromatic amines is 1. The van der Waals surface area contributed by atoms with Gasteiger partial charge in [0.25, 0.3) is 0 Å². The summed E-state index contributed by atoms with van der Waals surface area (Å²) in [5.74, 6) is 0. The zero-order valence-corrected chi connectivity index (χ0v) is 12.6. The molecular weight excluding hydrogens is 286 g/mol. The lowest BCUT2D eigenvalue weighted by molar-refractivity contribution is 0.772. The zero-order valence-electron chi connectivity index (χ0n) is 12.6. The lowest BCUT2D eigenvalue weighted by Crippen LogP contribution is -2.06. The summed E-state index contributed by atoms with van der Waals surface area (Å²) < 4.78 is 1.88. The van der Waals surface area contributed by atoms with Crippen LogP contribution in [0.2, 0.25) is 0 Å². The van der Waals surface area contributed by atoms with Crippen LogP contribution >= 0.6 is 0 Å². The minimum atomic E-state index is 0.379. The second-order valence-electron chi connectivity index (χ2n) is 5.47. The molecule has 4 aromatic rings. The molecule has 0 saturated heterocycles. The van der Waals surface area contributed by atoms with E-state index in [-0.39, 0.29) is 0 Å². The number of para-hydroxylation sites is 2. The van der Waals surface area contributed by atoms with Crippen LogP contribution in [0.15, 0.2) is 60.8 Å². The Kier molecular flexibility index (Phi) is 3.40. The van der Waals surface area contributed by atoms with Crippen LogP contribution in [0.1, 0.15) is 17.0 Å². The van der Waals surface area contributed by atoms with E-state index in [4.69, 9.17) is 5.73 Å². The van der Waals surface area contributed by atoms with Gasteiger partial charge in [0.1, 0.15) is 5.69 Å². The van der Waals surface area contributed by atoms with Crippen molar-refractivity contribution in [3.63, 3.8) is 0 Å². The van der Waals surface area contributed by atoms with Crippen molar-refractivity contribution < 1.29 is 0 Å². The highest BCUT2D eigenvalue weighted by atomic mass is 15.4. The molecule has 0 saturated carbocycles. The van der Waals surface area contributed by atoms with Gasteiger partial charge < -0.3 is 10.7 Å². The average molecular weight is 303 g/mol. The fourth-order valence-electron chi connectivity index (χ4n) is 2.90. The van der Waals surface area contributed by atoms with E-state index in [2.05, 4.69) is 33.5 Å². The van der Waals surface area contributed by atoms with Gasteiger partial charge in [-0.3, -0.25) is 0 Å². The van der Waals surface area contributed by atoms with Crippen LogP contribution in [-0.2, 0) is 13.0 Å². The zero-order chi connectivity index (χ0) is 15.6. The summed E-state index contributed by atoms with van der Waals surface area (Å²) in [4.78, 5) is 3.32. The van der Waals surface area contributed by atoms with Gasteiger partial charge in [-0.05, 0) is 23.8 Å². The number of nitrogens with two attached hydrogens (primary N) is 1. The van der Waals surface area contributed by atoms with Crippen LogP contribution in [0.4, 0.5) is 0 Å². The van der Waals surface area contributed by atoms with Crippen molar-refractivity contribution in [2.75, 3.05) is 0 Å². The van der Waals surface area contributed by atoms with Gasteiger partial charge in [0.15, 0.2) is 0 Å². The summed E-state index contributed by atoms with van der Waals surface area (Å²) in [5.41, 5.74) is 11.1. The minimum Gasteiger partial charge on any atom is -0.361 e. The van der Waals surface area contributed by atoms with Crippen molar-refractivity contribution in [3.8, 4) is 5.69 Å². The molecule has 2 heterocycles. The lowest BCUT2D eigenvalue weighted by Gasteiger charge is -2.07. The predicted octanol–water partition coefficient (Wildman–Crippen LogP) is 2.80. The molecule has 5 heteroatoms. The highest BCUT2D eigenvalue weighted by Crippen LogP contribution is 2.23. The third-order valence-corrected chi connectivity index (χ3v) is 4.07. The summed E-state index contributed by atoms with van der Waals surface area (Å²) in [6.07, 6.45) is 2.78.